The molecule has 0 spiro atoms. The fourth-order valence-electron chi connectivity index (χ4n) is 3.15. The number of para-hydroxylation sites is 1. The van der Waals surface area contributed by atoms with Gasteiger partial charge in [0.05, 0.1) is 22.4 Å². The summed E-state index contributed by atoms with van der Waals surface area (Å²) in [5.74, 6) is 0.523. The highest BCUT2D eigenvalue weighted by atomic mass is 35.5. The van der Waals surface area contributed by atoms with Crippen molar-refractivity contribution in [2.75, 3.05) is 24.7 Å². The highest BCUT2D eigenvalue weighted by molar-refractivity contribution is 7.22. The number of thiazole rings is 1. The van der Waals surface area contributed by atoms with Crippen LogP contribution in [0.25, 0.3) is 10.2 Å². The average molecular weight is 417 g/mol. The number of benzene rings is 2. The van der Waals surface area contributed by atoms with Crippen LogP contribution in [-0.4, -0.2) is 36.8 Å². The Bertz CT molecular complexity index is 967. The highest BCUT2D eigenvalue weighted by Crippen LogP contribution is 2.33. The zero-order chi connectivity index (χ0) is 19.5. The second-order valence-corrected chi connectivity index (χ2v) is 8.24. The van der Waals surface area contributed by atoms with Gasteiger partial charge in [0.1, 0.15) is 11.3 Å². The van der Waals surface area contributed by atoms with Crippen LogP contribution in [0.4, 0.5) is 5.13 Å². The van der Waals surface area contributed by atoms with Gasteiger partial charge in [-0.15, -0.1) is 0 Å². The molecule has 1 atom stereocenters. The minimum Gasteiger partial charge on any atom is -0.484 e. The lowest BCUT2D eigenvalue weighted by Gasteiger charge is -2.23. The molecule has 7 heteroatoms. The van der Waals surface area contributed by atoms with E-state index in [0.717, 1.165) is 29.7 Å². The second-order valence-electron chi connectivity index (χ2n) is 6.82. The number of nitrogens with zero attached hydrogens (tertiary/aromatic N) is 2. The summed E-state index contributed by atoms with van der Waals surface area (Å²) in [6.45, 7) is 3.15. The molecule has 0 N–H and O–H groups in total. The van der Waals surface area contributed by atoms with Crippen LogP contribution in [0.1, 0.15) is 18.4 Å². The first kappa shape index (κ1) is 19.2. The first-order valence-corrected chi connectivity index (χ1v) is 10.5. The van der Waals surface area contributed by atoms with Gasteiger partial charge in [-0.25, -0.2) is 4.98 Å². The summed E-state index contributed by atoms with van der Waals surface area (Å²) in [5.41, 5.74) is 1.86. The van der Waals surface area contributed by atoms with Crippen molar-refractivity contribution in [2.24, 2.45) is 0 Å². The summed E-state index contributed by atoms with van der Waals surface area (Å²) in [5, 5.41) is 1.21. The van der Waals surface area contributed by atoms with E-state index in [0.29, 0.717) is 28.0 Å². The number of ether oxygens (including phenoxy) is 2. The molecule has 1 fully saturated rings. The minimum atomic E-state index is -0.147. The Balaban J connectivity index is 1.55. The molecule has 1 amide bonds. The molecule has 1 unspecified atom stereocenters. The van der Waals surface area contributed by atoms with Gasteiger partial charge in [-0.05, 0) is 44.0 Å². The van der Waals surface area contributed by atoms with Crippen LogP contribution >= 0.6 is 22.9 Å². The van der Waals surface area contributed by atoms with Crippen molar-refractivity contribution in [2.45, 2.75) is 25.9 Å². The number of aryl methyl sites for hydroxylation is 1. The lowest BCUT2D eigenvalue weighted by molar-refractivity contribution is -0.120. The molecule has 1 aromatic heterocycles. The number of rotatable bonds is 6. The fourth-order valence-corrected chi connectivity index (χ4v) is 4.45. The maximum absolute atomic E-state index is 13.0. The molecule has 4 rings (SSSR count). The van der Waals surface area contributed by atoms with Gasteiger partial charge in [0.2, 0.25) is 0 Å². The lowest BCUT2D eigenvalue weighted by Crippen LogP contribution is -2.40. The van der Waals surface area contributed by atoms with Crippen LogP contribution in [-0.2, 0) is 9.53 Å². The largest absolute Gasteiger partial charge is 0.484 e. The van der Waals surface area contributed by atoms with E-state index in [-0.39, 0.29) is 18.6 Å². The van der Waals surface area contributed by atoms with E-state index >= 15 is 0 Å². The number of amides is 1. The van der Waals surface area contributed by atoms with Crippen LogP contribution in [0.3, 0.4) is 0 Å². The summed E-state index contributed by atoms with van der Waals surface area (Å²) in [6.07, 6.45) is 1.97. The number of hydrogen-bond acceptors (Lipinski definition) is 5. The molecule has 2 aromatic carbocycles. The number of fused-ring (bicyclic) bond motifs is 1. The quantitative estimate of drug-likeness (QED) is 0.576. The zero-order valence-corrected chi connectivity index (χ0v) is 17.1. The lowest BCUT2D eigenvalue weighted by atomic mass is 10.2. The average Bonchev–Trinajstić information content (AvgIpc) is 3.35. The van der Waals surface area contributed by atoms with Crippen molar-refractivity contribution >= 4 is 44.2 Å². The van der Waals surface area contributed by atoms with Crippen molar-refractivity contribution in [3.63, 3.8) is 0 Å². The molecule has 0 bridgehead atoms. The monoisotopic (exact) mass is 416 g/mol. The maximum atomic E-state index is 13.0. The van der Waals surface area contributed by atoms with Crippen molar-refractivity contribution in [3.8, 4) is 5.75 Å². The topological polar surface area (TPSA) is 51.7 Å². The molecular weight excluding hydrogens is 396 g/mol. The van der Waals surface area contributed by atoms with Gasteiger partial charge in [0.25, 0.3) is 5.91 Å². The molecule has 2 heterocycles. The van der Waals surface area contributed by atoms with E-state index in [4.69, 9.17) is 21.1 Å². The SMILES string of the molecule is Cc1ccc(OCC(=O)N(CC2CCCO2)c2nc3c(Cl)cccc3s2)cc1. The smallest absolute Gasteiger partial charge is 0.266 e. The van der Waals surface area contributed by atoms with E-state index in [9.17, 15) is 4.79 Å². The van der Waals surface area contributed by atoms with Gasteiger partial charge in [-0.2, -0.15) is 0 Å². The Morgan fingerprint density at radius 2 is 2.14 bits per heavy atom. The zero-order valence-electron chi connectivity index (χ0n) is 15.6. The Labute approximate surface area is 172 Å². The maximum Gasteiger partial charge on any atom is 0.266 e. The van der Waals surface area contributed by atoms with Crippen molar-refractivity contribution in [1.82, 2.24) is 4.98 Å². The predicted molar refractivity (Wildman–Crippen MR) is 113 cm³/mol. The van der Waals surface area contributed by atoms with E-state index in [1.54, 1.807) is 11.0 Å². The molecule has 0 saturated carbocycles. The van der Waals surface area contributed by atoms with Crippen LogP contribution in [0.5, 0.6) is 5.75 Å². The van der Waals surface area contributed by atoms with E-state index in [2.05, 4.69) is 4.98 Å². The molecule has 28 heavy (non-hydrogen) atoms. The van der Waals surface area contributed by atoms with Gasteiger partial charge in [-0.3, -0.25) is 9.69 Å². The summed E-state index contributed by atoms with van der Waals surface area (Å²) in [7, 11) is 0. The fraction of sp³-hybridized carbons (Fsp3) is 0.333. The predicted octanol–water partition coefficient (Wildman–Crippen LogP) is 4.85. The molecule has 1 saturated heterocycles. The summed E-state index contributed by atoms with van der Waals surface area (Å²) in [6, 6.07) is 13.3. The summed E-state index contributed by atoms with van der Waals surface area (Å²) < 4.78 is 12.4. The minimum absolute atomic E-state index is 0.0193. The van der Waals surface area contributed by atoms with E-state index in [1.165, 1.54) is 11.3 Å². The van der Waals surface area contributed by atoms with Gasteiger partial charge in [0, 0.05) is 6.61 Å². The van der Waals surface area contributed by atoms with Crippen molar-refractivity contribution in [3.05, 3.63) is 53.1 Å². The molecule has 0 aliphatic carbocycles. The third-order valence-corrected chi connectivity index (χ3v) is 6.03. The third kappa shape index (κ3) is 4.29. The number of carbonyl (C=O) groups is 1. The van der Waals surface area contributed by atoms with E-state index in [1.807, 2.05) is 43.3 Å². The number of aromatic nitrogens is 1. The Hall–Kier alpha value is -2.15. The number of hydrogen-bond donors (Lipinski definition) is 0. The molecule has 0 radical (unpaired) electrons. The first-order chi connectivity index (χ1) is 13.6. The standard InChI is InChI=1S/C21H21ClN2O3S/c1-14-7-9-15(10-8-14)27-13-19(25)24(12-16-4-3-11-26-16)21-23-20-17(22)5-2-6-18(20)28-21/h2,5-10,16H,3-4,11-13H2,1H3. The van der Waals surface area contributed by atoms with Crippen LogP contribution in [0.15, 0.2) is 42.5 Å². The van der Waals surface area contributed by atoms with Crippen molar-refractivity contribution < 1.29 is 14.3 Å². The first-order valence-electron chi connectivity index (χ1n) is 9.26. The van der Waals surface area contributed by atoms with Crippen LogP contribution in [0, 0.1) is 6.92 Å². The highest BCUT2D eigenvalue weighted by Gasteiger charge is 2.26. The number of carbonyl (C=O) groups excluding carboxylic acids is 1. The number of anilines is 1. The van der Waals surface area contributed by atoms with Crippen LogP contribution in [0.2, 0.25) is 5.02 Å². The molecular formula is C21H21ClN2O3S. The van der Waals surface area contributed by atoms with Crippen molar-refractivity contribution in [1.29, 1.82) is 0 Å². The Morgan fingerprint density at radius 1 is 1.32 bits per heavy atom. The molecule has 146 valence electrons. The molecule has 1 aliphatic heterocycles. The Kier molecular flexibility index (Phi) is 5.80. The normalized spacial score (nSPS) is 16.4. The molecule has 1 aliphatic rings. The molecule has 5 nitrogen and oxygen atoms in total. The van der Waals surface area contributed by atoms with Gasteiger partial charge >= 0.3 is 0 Å². The van der Waals surface area contributed by atoms with Gasteiger partial charge < -0.3 is 9.47 Å². The second kappa shape index (κ2) is 8.47. The summed E-state index contributed by atoms with van der Waals surface area (Å²) in [4.78, 5) is 19.3. The van der Waals surface area contributed by atoms with E-state index < -0.39 is 0 Å². The van der Waals surface area contributed by atoms with Gasteiger partial charge in [-0.1, -0.05) is 46.7 Å². The third-order valence-electron chi connectivity index (χ3n) is 4.68. The summed E-state index contributed by atoms with van der Waals surface area (Å²) >= 11 is 7.72. The number of halogens is 1. The molecule has 3 aromatic rings. The van der Waals surface area contributed by atoms with Crippen LogP contribution < -0.4 is 9.64 Å². The Morgan fingerprint density at radius 3 is 2.86 bits per heavy atom. The van der Waals surface area contributed by atoms with Gasteiger partial charge in [0.15, 0.2) is 11.7 Å².